The monoisotopic (exact) mass is 582 g/mol. The van der Waals surface area contributed by atoms with Gasteiger partial charge < -0.3 is 10.2 Å². The molecule has 0 bridgehead atoms. The highest BCUT2D eigenvalue weighted by Gasteiger charge is 2.65. The van der Waals surface area contributed by atoms with Crippen molar-refractivity contribution >= 4 is 34.5 Å². The minimum atomic E-state index is -0.991. The first-order valence-corrected chi connectivity index (χ1v) is 14.5. The Morgan fingerprint density at radius 1 is 0.929 bits per heavy atom. The third-order valence-corrected chi connectivity index (χ3v) is 8.97. The predicted molar refractivity (Wildman–Crippen MR) is 160 cm³/mol. The second-order valence-electron chi connectivity index (χ2n) is 12.6. The Morgan fingerprint density at radius 2 is 1.57 bits per heavy atom. The fraction of sp³-hybridized carbons (Fsp3) is 0.344. The van der Waals surface area contributed by atoms with E-state index in [1.54, 1.807) is 10.5 Å². The van der Waals surface area contributed by atoms with Crippen LogP contribution in [0.1, 0.15) is 52.0 Å². The minimum Gasteiger partial charge on any atom is -0.465 e. The standard InChI is InChI=1S/C32H31ClN6O3/c1-30(2,3)39(29(40)41)31(17-32(42,18-31)22-13-14-22)21-11-9-20(10-12-21)25-26(19-7-5-4-6-8-19)35-27-23(34-25)15-16-24-36-37-28(33)38(24)27/h4-12,15-16,22,42H,13-14,17-18H2,1-3H3,(H,40,41)/t31-,32+. The number of pyridine rings is 1. The number of halogens is 1. The molecule has 2 N–H and O–H groups in total. The lowest BCUT2D eigenvalue weighted by molar-refractivity contribution is -0.173. The highest BCUT2D eigenvalue weighted by Crippen LogP contribution is 2.61. The van der Waals surface area contributed by atoms with E-state index in [9.17, 15) is 15.0 Å². The van der Waals surface area contributed by atoms with Gasteiger partial charge in [0.2, 0.25) is 5.28 Å². The number of carbonyl (C=O) groups is 1. The molecule has 0 spiro atoms. The Balaban J connectivity index is 1.37. The fourth-order valence-corrected chi connectivity index (χ4v) is 7.06. The number of hydrogen-bond donors (Lipinski definition) is 2. The molecule has 5 aromatic rings. The van der Waals surface area contributed by atoms with E-state index in [1.165, 1.54) is 4.90 Å². The van der Waals surface area contributed by atoms with Gasteiger partial charge in [-0.1, -0.05) is 54.6 Å². The number of rotatable bonds is 5. The number of fused-ring (bicyclic) bond motifs is 3. The van der Waals surface area contributed by atoms with Crippen LogP contribution in [0.15, 0.2) is 66.7 Å². The van der Waals surface area contributed by atoms with Crippen molar-refractivity contribution in [3.63, 3.8) is 0 Å². The first-order chi connectivity index (χ1) is 20.0. The van der Waals surface area contributed by atoms with Crippen LogP contribution in [-0.4, -0.2) is 56.9 Å². The summed E-state index contributed by atoms with van der Waals surface area (Å²) in [5.74, 6) is 0.243. The first-order valence-electron chi connectivity index (χ1n) is 14.1. The molecule has 0 saturated heterocycles. The lowest BCUT2D eigenvalue weighted by Gasteiger charge is -2.61. The van der Waals surface area contributed by atoms with Crippen LogP contribution >= 0.6 is 11.6 Å². The Bertz CT molecular complexity index is 1840. The average molecular weight is 583 g/mol. The van der Waals surface area contributed by atoms with E-state index >= 15 is 0 Å². The summed E-state index contributed by atoms with van der Waals surface area (Å²) in [6.45, 7) is 5.71. The van der Waals surface area contributed by atoms with E-state index in [-0.39, 0.29) is 11.2 Å². The summed E-state index contributed by atoms with van der Waals surface area (Å²) in [7, 11) is 0. The van der Waals surface area contributed by atoms with Crippen molar-refractivity contribution in [2.45, 2.75) is 63.1 Å². The van der Waals surface area contributed by atoms with Crippen LogP contribution in [0, 0.1) is 5.92 Å². The van der Waals surface area contributed by atoms with Gasteiger partial charge in [-0.25, -0.2) is 19.2 Å². The van der Waals surface area contributed by atoms with Crippen molar-refractivity contribution in [1.29, 1.82) is 0 Å². The van der Waals surface area contributed by atoms with Crippen molar-refractivity contribution in [2.24, 2.45) is 5.92 Å². The molecule has 3 aromatic heterocycles. The molecule has 9 nitrogen and oxygen atoms in total. The first kappa shape index (κ1) is 26.8. The average Bonchev–Trinajstić information content (AvgIpc) is 3.73. The van der Waals surface area contributed by atoms with Gasteiger partial charge in [0.25, 0.3) is 0 Å². The van der Waals surface area contributed by atoms with Crippen LogP contribution in [0.4, 0.5) is 4.79 Å². The number of benzene rings is 2. The maximum atomic E-state index is 12.7. The van der Waals surface area contributed by atoms with Crippen LogP contribution < -0.4 is 0 Å². The van der Waals surface area contributed by atoms with E-state index in [0.29, 0.717) is 41.0 Å². The van der Waals surface area contributed by atoms with Gasteiger partial charge >= 0.3 is 6.09 Å². The molecule has 10 heteroatoms. The molecule has 2 fully saturated rings. The highest BCUT2D eigenvalue weighted by molar-refractivity contribution is 6.28. The second kappa shape index (κ2) is 9.21. The molecule has 42 heavy (non-hydrogen) atoms. The lowest BCUT2D eigenvalue weighted by Crippen LogP contribution is -2.69. The van der Waals surface area contributed by atoms with Gasteiger partial charge in [-0.2, -0.15) is 0 Å². The van der Waals surface area contributed by atoms with E-state index in [0.717, 1.165) is 29.5 Å². The van der Waals surface area contributed by atoms with E-state index in [4.69, 9.17) is 21.6 Å². The minimum absolute atomic E-state index is 0.208. The van der Waals surface area contributed by atoms with Gasteiger partial charge in [0.15, 0.2) is 11.3 Å². The molecular formula is C32H31ClN6O3. The van der Waals surface area contributed by atoms with Crippen LogP contribution in [0.25, 0.3) is 39.3 Å². The Labute approximate surface area is 247 Å². The largest absolute Gasteiger partial charge is 0.465 e. The van der Waals surface area contributed by atoms with Crippen molar-refractivity contribution in [3.8, 4) is 22.5 Å². The Hall–Kier alpha value is -4.08. The molecule has 0 aliphatic heterocycles. The van der Waals surface area contributed by atoms with Gasteiger partial charge in [-0.05, 0) is 68.8 Å². The third kappa shape index (κ3) is 4.14. The zero-order valence-electron chi connectivity index (χ0n) is 23.6. The van der Waals surface area contributed by atoms with Gasteiger partial charge in [-0.15, -0.1) is 10.2 Å². The van der Waals surface area contributed by atoms with Crippen molar-refractivity contribution in [3.05, 3.63) is 77.6 Å². The second-order valence-corrected chi connectivity index (χ2v) is 13.0. The quantitative estimate of drug-likeness (QED) is 0.241. The molecule has 2 aromatic carbocycles. The van der Waals surface area contributed by atoms with Crippen LogP contribution in [0.2, 0.25) is 5.28 Å². The molecule has 3 heterocycles. The van der Waals surface area contributed by atoms with Crippen molar-refractivity contribution in [1.82, 2.24) is 29.5 Å². The van der Waals surface area contributed by atoms with Gasteiger partial charge in [0.05, 0.1) is 22.5 Å². The SMILES string of the molecule is CC(C)(C)N(C(=O)O)[C@]1(c2ccc(-c3nc4ccc5nnc(Cl)n5c4nc3-c3ccccc3)cc2)C[C@@](O)(C2CC2)C1. The number of amides is 1. The van der Waals surface area contributed by atoms with E-state index in [2.05, 4.69) is 10.2 Å². The summed E-state index contributed by atoms with van der Waals surface area (Å²) >= 11 is 6.37. The molecule has 0 unspecified atom stereocenters. The molecule has 7 rings (SSSR count). The van der Waals surface area contributed by atoms with Crippen molar-refractivity contribution in [2.75, 3.05) is 0 Å². The third-order valence-electron chi connectivity index (χ3n) is 8.72. The normalized spacial score (nSPS) is 22.3. The molecule has 1 amide bonds. The maximum Gasteiger partial charge on any atom is 0.408 e. The summed E-state index contributed by atoms with van der Waals surface area (Å²) in [5.41, 5.74) is 3.41. The van der Waals surface area contributed by atoms with Gasteiger partial charge in [0.1, 0.15) is 5.52 Å². The number of hydrogen-bond acceptors (Lipinski definition) is 6. The summed E-state index contributed by atoms with van der Waals surface area (Å²) in [5, 5.41) is 30.1. The summed E-state index contributed by atoms with van der Waals surface area (Å²) in [4.78, 5) is 24.3. The number of aromatic nitrogens is 5. The number of aliphatic hydroxyl groups is 1. The van der Waals surface area contributed by atoms with Crippen LogP contribution in [-0.2, 0) is 5.54 Å². The Kier molecular flexibility index (Phi) is 5.88. The molecular weight excluding hydrogens is 552 g/mol. The highest BCUT2D eigenvalue weighted by atomic mass is 35.5. The summed E-state index contributed by atoms with van der Waals surface area (Å²) in [6.07, 6.45) is 1.76. The molecule has 0 radical (unpaired) electrons. The Morgan fingerprint density at radius 3 is 2.19 bits per heavy atom. The lowest BCUT2D eigenvalue weighted by atomic mass is 9.58. The van der Waals surface area contributed by atoms with Gasteiger partial charge in [0, 0.05) is 29.5 Å². The van der Waals surface area contributed by atoms with E-state index in [1.807, 2.05) is 81.4 Å². The zero-order chi connectivity index (χ0) is 29.4. The smallest absolute Gasteiger partial charge is 0.408 e. The summed E-state index contributed by atoms with van der Waals surface area (Å²) < 4.78 is 1.68. The van der Waals surface area contributed by atoms with E-state index < -0.39 is 22.8 Å². The molecule has 2 saturated carbocycles. The number of carboxylic acid groups (broad SMARTS) is 1. The molecule has 2 aliphatic carbocycles. The number of nitrogens with zero attached hydrogens (tertiary/aromatic N) is 6. The fourth-order valence-electron chi connectivity index (χ4n) is 6.86. The van der Waals surface area contributed by atoms with Gasteiger partial charge in [-0.3, -0.25) is 4.90 Å². The topological polar surface area (TPSA) is 117 Å². The van der Waals surface area contributed by atoms with Crippen LogP contribution in [0.3, 0.4) is 0 Å². The molecule has 2 aliphatic rings. The van der Waals surface area contributed by atoms with Crippen LogP contribution in [0.5, 0.6) is 0 Å². The zero-order valence-corrected chi connectivity index (χ0v) is 24.4. The summed E-state index contributed by atoms with van der Waals surface area (Å²) in [6, 6.07) is 21.4. The predicted octanol–water partition coefficient (Wildman–Crippen LogP) is 6.57. The maximum absolute atomic E-state index is 12.7. The molecule has 214 valence electrons. The molecule has 0 atom stereocenters. The van der Waals surface area contributed by atoms with Crippen molar-refractivity contribution < 1.29 is 15.0 Å².